The van der Waals surface area contributed by atoms with Crippen molar-refractivity contribution in [3.63, 3.8) is 0 Å². The van der Waals surface area contributed by atoms with Crippen LogP contribution in [-0.2, 0) is 31.3 Å². The predicted molar refractivity (Wildman–Crippen MR) is 67.2 cm³/mol. The van der Waals surface area contributed by atoms with Crippen LogP contribution in [0.2, 0.25) is 0 Å². The predicted octanol–water partition coefficient (Wildman–Crippen LogP) is 2.82. The van der Waals surface area contributed by atoms with Crippen LogP contribution in [0.1, 0.15) is 25.5 Å². The number of benzene rings is 1. The van der Waals surface area contributed by atoms with Crippen LogP contribution in [0.4, 0.5) is 0 Å². The molecule has 0 aliphatic rings. The van der Waals surface area contributed by atoms with Crippen molar-refractivity contribution in [1.82, 2.24) is 0 Å². The molecule has 0 aromatic heterocycles. The first-order chi connectivity index (χ1) is 9.08. The van der Waals surface area contributed by atoms with Gasteiger partial charge in [-0.3, -0.25) is 0 Å². The minimum Gasteiger partial charge on any atom is 0 e. The quantitative estimate of drug-likeness (QED) is 0.520. The van der Waals surface area contributed by atoms with Crippen LogP contribution in [0.25, 0.3) is 0 Å². The van der Waals surface area contributed by atoms with Gasteiger partial charge in [0.05, 0.1) is 6.10 Å². The smallest absolute Gasteiger partial charge is 0 e. The second kappa shape index (κ2) is 17.7. The van der Waals surface area contributed by atoms with Gasteiger partial charge in [-0.1, -0.05) is 50.3 Å². The number of hydrogen-bond donors (Lipinski definition) is 1. The minimum atomic E-state index is -0.480. The molecular weight excluding hydrogens is 296 g/mol. The van der Waals surface area contributed by atoms with Gasteiger partial charge in [-0.15, -0.1) is 6.58 Å². The van der Waals surface area contributed by atoms with Crippen LogP contribution >= 0.6 is 0 Å². The van der Waals surface area contributed by atoms with Crippen molar-refractivity contribution in [2.45, 2.75) is 20.0 Å². The summed E-state index contributed by atoms with van der Waals surface area (Å²) in [6.45, 7) is 21.2. The van der Waals surface area contributed by atoms with E-state index in [4.69, 9.17) is 14.0 Å². The number of aliphatic hydroxyl groups excluding tert-OH is 1. The molecule has 1 N–H and O–H groups in total. The molecule has 20 heavy (non-hydrogen) atoms. The zero-order valence-corrected chi connectivity index (χ0v) is 12.6. The summed E-state index contributed by atoms with van der Waals surface area (Å²) in [7, 11) is 0. The van der Waals surface area contributed by atoms with Crippen LogP contribution in [0.5, 0.6) is 0 Å². The molecule has 1 atom stereocenters. The summed E-state index contributed by atoms with van der Waals surface area (Å²) >= 11 is 0. The number of rotatable bonds is 3. The molecule has 0 aliphatic carbocycles. The molecule has 106 valence electrons. The molecule has 0 saturated heterocycles. The standard InChI is InChI=1S/C12H16O.3CO.Cr/c1-4-12(2,3)11(13)10-8-6-5-7-9-10;3*1-2;/h4-9,11,13H,1H2,2-3H3;;;;/t11-;;;;/m0..../s1. The maximum Gasteiger partial charge on any atom is 0 e. The summed E-state index contributed by atoms with van der Waals surface area (Å²) in [5.74, 6) is 0. The molecule has 0 radical (unpaired) electrons. The van der Waals surface area contributed by atoms with Crippen molar-refractivity contribution in [3.8, 4) is 0 Å². The molecule has 1 aromatic rings. The van der Waals surface area contributed by atoms with Crippen LogP contribution in [0, 0.1) is 25.4 Å². The van der Waals surface area contributed by atoms with Crippen molar-refractivity contribution >= 4 is 0 Å². The maximum absolute atomic E-state index is 9.98. The van der Waals surface area contributed by atoms with E-state index in [1.54, 1.807) is 6.08 Å². The monoisotopic (exact) mass is 312 g/mol. The molecule has 0 fully saturated rings. The summed E-state index contributed by atoms with van der Waals surface area (Å²) in [6.07, 6.45) is 1.30. The van der Waals surface area contributed by atoms with Crippen LogP contribution in [-0.4, -0.2) is 5.11 Å². The van der Waals surface area contributed by atoms with Gasteiger partial charge in [0.25, 0.3) is 0 Å². The van der Waals surface area contributed by atoms with Crippen LogP contribution < -0.4 is 0 Å². The molecule has 0 bridgehead atoms. The van der Waals surface area contributed by atoms with E-state index >= 15 is 0 Å². The molecular formula is C15H16CrO4. The maximum atomic E-state index is 9.98. The molecule has 1 rings (SSSR count). The topological polar surface area (TPSA) is 79.9 Å². The zero-order valence-electron chi connectivity index (χ0n) is 11.3. The molecule has 1 aromatic carbocycles. The summed E-state index contributed by atoms with van der Waals surface area (Å²) in [4.78, 5) is 0. The second-order valence-corrected chi connectivity index (χ2v) is 3.84. The summed E-state index contributed by atoms with van der Waals surface area (Å²) < 4.78 is 22.5. The van der Waals surface area contributed by atoms with E-state index in [1.807, 2.05) is 44.2 Å². The molecule has 0 saturated carbocycles. The molecule has 0 unspecified atom stereocenters. The van der Waals surface area contributed by atoms with E-state index < -0.39 is 6.10 Å². The van der Waals surface area contributed by atoms with Gasteiger partial charge in [0.1, 0.15) is 0 Å². The number of aliphatic hydroxyl groups is 1. The van der Waals surface area contributed by atoms with E-state index in [0.717, 1.165) is 5.56 Å². The third kappa shape index (κ3) is 10.6. The third-order valence-electron chi connectivity index (χ3n) is 2.35. The van der Waals surface area contributed by atoms with Gasteiger partial charge in [-0.05, 0) is 5.56 Å². The van der Waals surface area contributed by atoms with Gasteiger partial charge in [-0.2, -0.15) is 0 Å². The minimum absolute atomic E-state index is 0. The molecule has 0 amide bonds. The Morgan fingerprint density at radius 2 is 1.40 bits per heavy atom. The first-order valence-corrected chi connectivity index (χ1v) is 5.06. The van der Waals surface area contributed by atoms with Crippen molar-refractivity contribution in [2.24, 2.45) is 5.41 Å². The van der Waals surface area contributed by atoms with Gasteiger partial charge in [0.2, 0.25) is 0 Å². The molecule has 0 aliphatic heterocycles. The number of hydrogen-bond acceptors (Lipinski definition) is 1. The Morgan fingerprint density at radius 3 is 1.70 bits per heavy atom. The largest absolute Gasteiger partial charge is 0 e. The normalized spacial score (nSPS) is 9.25. The SMILES string of the molecule is C=CC(C)(C)[C@@H](O)c1ccccc1.[C-]#[O+].[C-]#[O+].[C-]#[O+].[Cr]. The molecule has 0 spiro atoms. The molecule has 5 heteroatoms. The molecule has 0 heterocycles. The second-order valence-electron chi connectivity index (χ2n) is 3.84. The Balaban J connectivity index is -0.000000162. The van der Waals surface area contributed by atoms with Gasteiger partial charge in [0, 0.05) is 22.8 Å². The van der Waals surface area contributed by atoms with Crippen molar-refractivity contribution in [1.29, 1.82) is 0 Å². The average Bonchev–Trinajstić information content (AvgIpc) is 2.53. The van der Waals surface area contributed by atoms with Crippen LogP contribution in [0.15, 0.2) is 43.0 Å². The van der Waals surface area contributed by atoms with E-state index in [1.165, 1.54) is 0 Å². The van der Waals surface area contributed by atoms with E-state index in [0.29, 0.717) is 0 Å². The Labute approximate surface area is 130 Å². The third-order valence-corrected chi connectivity index (χ3v) is 2.35. The van der Waals surface area contributed by atoms with Crippen molar-refractivity contribution in [2.75, 3.05) is 0 Å². The van der Waals surface area contributed by atoms with Gasteiger partial charge >= 0.3 is 33.9 Å². The van der Waals surface area contributed by atoms with E-state index in [2.05, 4.69) is 26.5 Å². The Morgan fingerprint density at radius 1 is 1.05 bits per heavy atom. The summed E-state index contributed by atoms with van der Waals surface area (Å²) in [6, 6.07) is 9.65. The summed E-state index contributed by atoms with van der Waals surface area (Å²) in [5, 5.41) is 9.98. The van der Waals surface area contributed by atoms with Crippen LogP contribution in [0.3, 0.4) is 0 Å². The Kier molecular flexibility index (Phi) is 23.9. The average molecular weight is 312 g/mol. The first-order valence-electron chi connectivity index (χ1n) is 5.06. The Bertz CT molecular complexity index is 379. The molecule has 4 nitrogen and oxygen atoms in total. The summed E-state index contributed by atoms with van der Waals surface area (Å²) in [5.41, 5.74) is 0.661. The van der Waals surface area contributed by atoms with Gasteiger partial charge < -0.3 is 5.11 Å². The van der Waals surface area contributed by atoms with Crippen molar-refractivity contribution in [3.05, 3.63) is 68.5 Å². The zero-order chi connectivity index (χ0) is 15.9. The fraction of sp³-hybridized carbons (Fsp3) is 0.267. The van der Waals surface area contributed by atoms with Gasteiger partial charge in [0.15, 0.2) is 0 Å². The van der Waals surface area contributed by atoms with E-state index in [9.17, 15) is 5.11 Å². The first kappa shape index (κ1) is 27.1. The van der Waals surface area contributed by atoms with E-state index in [-0.39, 0.29) is 22.8 Å². The fourth-order valence-corrected chi connectivity index (χ4v) is 1.18. The Hall–Kier alpha value is -1.33. The fourth-order valence-electron chi connectivity index (χ4n) is 1.18. The van der Waals surface area contributed by atoms with Crippen molar-refractivity contribution < 1.29 is 36.4 Å². The van der Waals surface area contributed by atoms with Gasteiger partial charge in [-0.25, -0.2) is 0 Å².